The highest BCUT2D eigenvalue weighted by Gasteiger charge is 2.32. The van der Waals surface area contributed by atoms with E-state index in [9.17, 15) is 0 Å². The minimum Gasteiger partial charge on any atom is -0.331 e. The van der Waals surface area contributed by atoms with Crippen LogP contribution in [0, 0.1) is 0 Å². The third-order valence-corrected chi connectivity index (χ3v) is 4.33. The third kappa shape index (κ3) is 2.39. The van der Waals surface area contributed by atoms with Gasteiger partial charge in [-0.05, 0) is 38.8 Å². The molecule has 1 fully saturated rings. The summed E-state index contributed by atoms with van der Waals surface area (Å²) in [5.74, 6) is 0. The predicted octanol–water partition coefficient (Wildman–Crippen LogP) is 2.89. The van der Waals surface area contributed by atoms with Crippen molar-refractivity contribution >= 4 is 0 Å². The van der Waals surface area contributed by atoms with E-state index in [0.29, 0.717) is 11.5 Å². The van der Waals surface area contributed by atoms with Gasteiger partial charge in [-0.25, -0.2) is 4.98 Å². The van der Waals surface area contributed by atoms with Gasteiger partial charge >= 0.3 is 0 Å². The summed E-state index contributed by atoms with van der Waals surface area (Å²) in [6, 6.07) is 0.610. The van der Waals surface area contributed by atoms with Crippen LogP contribution in [0.15, 0.2) is 12.5 Å². The van der Waals surface area contributed by atoms with Gasteiger partial charge in [0, 0.05) is 23.3 Å². The number of hydrogen-bond acceptors (Lipinski definition) is 2. The van der Waals surface area contributed by atoms with Crippen LogP contribution in [0.1, 0.15) is 58.2 Å². The molecule has 1 aliphatic heterocycles. The molecule has 0 unspecified atom stereocenters. The molecule has 0 atom stereocenters. The Kier molecular flexibility index (Phi) is 3.87. The first-order chi connectivity index (χ1) is 8.21. The van der Waals surface area contributed by atoms with Crippen LogP contribution in [0.2, 0.25) is 0 Å². The number of rotatable bonds is 4. The van der Waals surface area contributed by atoms with Gasteiger partial charge in [-0.2, -0.15) is 0 Å². The Balaban J connectivity index is 2.28. The summed E-state index contributed by atoms with van der Waals surface area (Å²) in [4.78, 5) is 4.40. The van der Waals surface area contributed by atoms with E-state index in [1.165, 1.54) is 31.4 Å². The van der Waals surface area contributed by atoms with Crippen LogP contribution in [0.5, 0.6) is 0 Å². The molecule has 3 nitrogen and oxygen atoms in total. The molecule has 0 bridgehead atoms. The second-order valence-corrected chi connectivity index (χ2v) is 5.47. The van der Waals surface area contributed by atoms with Crippen molar-refractivity contribution in [3.05, 3.63) is 18.2 Å². The Morgan fingerprint density at radius 3 is 2.59 bits per heavy atom. The molecule has 0 amide bonds. The number of imidazole rings is 1. The van der Waals surface area contributed by atoms with E-state index < -0.39 is 0 Å². The lowest BCUT2D eigenvalue weighted by molar-refractivity contribution is 0.304. The summed E-state index contributed by atoms with van der Waals surface area (Å²) in [5.41, 5.74) is 1.75. The fourth-order valence-electron chi connectivity index (χ4n) is 2.98. The van der Waals surface area contributed by atoms with Crippen LogP contribution in [0.25, 0.3) is 0 Å². The average Bonchev–Trinajstić information content (AvgIpc) is 2.82. The molecule has 1 N–H and O–H groups in total. The first kappa shape index (κ1) is 12.6. The van der Waals surface area contributed by atoms with Crippen LogP contribution in [0.3, 0.4) is 0 Å². The van der Waals surface area contributed by atoms with Crippen molar-refractivity contribution in [1.29, 1.82) is 0 Å². The van der Waals surface area contributed by atoms with Crippen molar-refractivity contribution in [3.63, 3.8) is 0 Å². The lowest BCUT2D eigenvalue weighted by atomic mass is 9.78. The normalized spacial score (nSPS) is 19.8. The van der Waals surface area contributed by atoms with Crippen LogP contribution >= 0.6 is 0 Å². The highest BCUT2D eigenvalue weighted by molar-refractivity contribution is 5.16. The first-order valence-electron chi connectivity index (χ1n) is 6.94. The standard InChI is InChI=1S/C14H25N3/c1-4-12(5-2)17-11-16-10-13(17)14(3)6-8-15-9-7-14/h10-12,15H,4-9H2,1-3H3. The third-order valence-electron chi connectivity index (χ3n) is 4.33. The molecule has 0 saturated carbocycles. The zero-order valence-corrected chi connectivity index (χ0v) is 11.4. The van der Waals surface area contributed by atoms with Crippen LogP contribution in [0.4, 0.5) is 0 Å². The summed E-state index contributed by atoms with van der Waals surface area (Å²) < 4.78 is 2.42. The number of aromatic nitrogens is 2. The van der Waals surface area contributed by atoms with Crippen molar-refractivity contribution in [2.24, 2.45) is 0 Å². The second-order valence-electron chi connectivity index (χ2n) is 5.47. The van der Waals surface area contributed by atoms with E-state index in [1.807, 2.05) is 6.33 Å². The summed E-state index contributed by atoms with van der Waals surface area (Å²) >= 11 is 0. The minimum absolute atomic E-state index is 0.310. The summed E-state index contributed by atoms with van der Waals surface area (Å²) in [5, 5.41) is 3.45. The van der Waals surface area contributed by atoms with Gasteiger partial charge in [-0.1, -0.05) is 20.8 Å². The van der Waals surface area contributed by atoms with E-state index in [-0.39, 0.29) is 0 Å². The fourth-order valence-corrected chi connectivity index (χ4v) is 2.98. The van der Waals surface area contributed by atoms with E-state index in [0.717, 1.165) is 13.1 Å². The number of nitrogens with one attached hydrogen (secondary N) is 1. The van der Waals surface area contributed by atoms with Crippen LogP contribution in [-0.4, -0.2) is 22.6 Å². The topological polar surface area (TPSA) is 29.9 Å². The fraction of sp³-hybridized carbons (Fsp3) is 0.786. The summed E-state index contributed by atoms with van der Waals surface area (Å²) in [6.45, 7) is 9.18. The predicted molar refractivity (Wildman–Crippen MR) is 71.3 cm³/mol. The van der Waals surface area contributed by atoms with Gasteiger partial charge in [0.05, 0.1) is 6.33 Å². The lowest BCUT2D eigenvalue weighted by Gasteiger charge is -2.36. The van der Waals surface area contributed by atoms with Crippen molar-refractivity contribution in [3.8, 4) is 0 Å². The molecular formula is C14H25N3. The number of piperidine rings is 1. The van der Waals surface area contributed by atoms with Gasteiger partial charge < -0.3 is 9.88 Å². The van der Waals surface area contributed by atoms with Crippen LogP contribution in [-0.2, 0) is 5.41 Å². The molecule has 2 rings (SSSR count). The minimum atomic E-state index is 0.310. The maximum Gasteiger partial charge on any atom is 0.0950 e. The van der Waals surface area contributed by atoms with Crippen molar-refractivity contribution in [1.82, 2.24) is 14.9 Å². The Morgan fingerprint density at radius 2 is 2.00 bits per heavy atom. The molecule has 0 aliphatic carbocycles. The van der Waals surface area contributed by atoms with Crippen molar-refractivity contribution < 1.29 is 0 Å². The zero-order valence-electron chi connectivity index (χ0n) is 11.4. The quantitative estimate of drug-likeness (QED) is 0.869. The smallest absolute Gasteiger partial charge is 0.0950 e. The number of hydrogen-bond donors (Lipinski definition) is 1. The Labute approximate surface area is 105 Å². The Bertz CT molecular complexity index is 346. The van der Waals surface area contributed by atoms with Gasteiger partial charge in [-0.15, -0.1) is 0 Å². The van der Waals surface area contributed by atoms with Gasteiger partial charge in [0.15, 0.2) is 0 Å². The molecule has 17 heavy (non-hydrogen) atoms. The van der Waals surface area contributed by atoms with E-state index >= 15 is 0 Å². The molecule has 1 aromatic rings. The van der Waals surface area contributed by atoms with E-state index in [4.69, 9.17) is 0 Å². The van der Waals surface area contributed by atoms with Crippen LogP contribution < -0.4 is 5.32 Å². The monoisotopic (exact) mass is 235 g/mol. The van der Waals surface area contributed by atoms with Crippen molar-refractivity contribution in [2.45, 2.75) is 57.9 Å². The first-order valence-corrected chi connectivity index (χ1v) is 6.94. The van der Waals surface area contributed by atoms with Gasteiger partial charge in [0.25, 0.3) is 0 Å². The molecule has 1 aromatic heterocycles. The van der Waals surface area contributed by atoms with Crippen molar-refractivity contribution in [2.75, 3.05) is 13.1 Å². The molecule has 0 radical (unpaired) electrons. The SMILES string of the molecule is CCC(CC)n1cncc1C1(C)CCNCC1. The lowest BCUT2D eigenvalue weighted by Crippen LogP contribution is -2.39. The Hall–Kier alpha value is -0.830. The zero-order chi connectivity index (χ0) is 12.3. The maximum atomic E-state index is 4.40. The van der Waals surface area contributed by atoms with Gasteiger partial charge in [0.1, 0.15) is 0 Å². The molecule has 96 valence electrons. The molecule has 3 heteroatoms. The average molecular weight is 235 g/mol. The second kappa shape index (κ2) is 5.21. The molecule has 0 spiro atoms. The molecule has 1 saturated heterocycles. The maximum absolute atomic E-state index is 4.40. The summed E-state index contributed by atoms with van der Waals surface area (Å²) in [7, 11) is 0. The van der Waals surface area contributed by atoms with Gasteiger partial charge in [-0.3, -0.25) is 0 Å². The number of nitrogens with zero attached hydrogens (tertiary/aromatic N) is 2. The Morgan fingerprint density at radius 1 is 1.35 bits per heavy atom. The largest absolute Gasteiger partial charge is 0.331 e. The molecular weight excluding hydrogens is 210 g/mol. The highest BCUT2D eigenvalue weighted by atomic mass is 15.1. The van der Waals surface area contributed by atoms with E-state index in [2.05, 4.69) is 41.8 Å². The molecule has 1 aliphatic rings. The molecule has 2 heterocycles. The molecule has 0 aromatic carbocycles. The van der Waals surface area contributed by atoms with Gasteiger partial charge in [0.2, 0.25) is 0 Å². The summed E-state index contributed by atoms with van der Waals surface area (Å²) in [6.07, 6.45) is 8.93. The van der Waals surface area contributed by atoms with E-state index in [1.54, 1.807) is 0 Å². The highest BCUT2D eigenvalue weighted by Crippen LogP contribution is 2.34.